The van der Waals surface area contributed by atoms with Crippen molar-refractivity contribution in [2.24, 2.45) is 0 Å². The fourth-order valence-corrected chi connectivity index (χ4v) is 0.856. The smallest absolute Gasteiger partial charge is 0.115 e. The number of rotatable bonds is 0. The van der Waals surface area contributed by atoms with E-state index in [2.05, 4.69) is 0 Å². The SMILES string of the molecule is CC.Oc1ccccc1.Oc1ccccc1. The maximum absolute atomic E-state index is 8.63. The summed E-state index contributed by atoms with van der Waals surface area (Å²) in [7, 11) is 0. The van der Waals surface area contributed by atoms with Crippen LogP contribution in [0.25, 0.3) is 0 Å². The van der Waals surface area contributed by atoms with Crippen LogP contribution in [0.4, 0.5) is 0 Å². The van der Waals surface area contributed by atoms with Crippen LogP contribution >= 0.6 is 0 Å². The van der Waals surface area contributed by atoms with Gasteiger partial charge in [-0.05, 0) is 24.3 Å². The van der Waals surface area contributed by atoms with E-state index in [9.17, 15) is 0 Å². The monoisotopic (exact) mass is 218 g/mol. The fraction of sp³-hybridized carbons (Fsp3) is 0.143. The second kappa shape index (κ2) is 9.59. The Morgan fingerprint density at radius 2 is 0.812 bits per heavy atom. The first-order valence-electron chi connectivity index (χ1n) is 5.27. The van der Waals surface area contributed by atoms with Crippen LogP contribution in [0.15, 0.2) is 60.7 Å². The molecule has 0 aliphatic carbocycles. The number of hydrogen-bond acceptors (Lipinski definition) is 2. The second-order valence-electron chi connectivity index (χ2n) is 2.67. The Bertz CT molecular complexity index is 306. The largest absolute Gasteiger partial charge is 0.508 e. The molecule has 0 bridgehead atoms. The molecule has 0 atom stereocenters. The lowest BCUT2D eigenvalue weighted by molar-refractivity contribution is 0.475. The predicted octanol–water partition coefficient (Wildman–Crippen LogP) is 3.81. The third-order valence-electron chi connectivity index (χ3n) is 1.51. The standard InChI is InChI=1S/2C6H6O.C2H6/c2*7-6-4-2-1-3-5-6;1-2/h2*1-5,7H;1-2H3. The normalized spacial score (nSPS) is 7.88. The summed E-state index contributed by atoms with van der Waals surface area (Å²) in [6.07, 6.45) is 0. The number of benzene rings is 2. The molecule has 16 heavy (non-hydrogen) atoms. The quantitative estimate of drug-likeness (QED) is 0.706. The van der Waals surface area contributed by atoms with Crippen LogP contribution in [-0.4, -0.2) is 10.2 Å². The van der Waals surface area contributed by atoms with Crippen molar-refractivity contribution in [2.75, 3.05) is 0 Å². The zero-order valence-electron chi connectivity index (χ0n) is 9.67. The van der Waals surface area contributed by atoms with E-state index < -0.39 is 0 Å². The molecule has 0 aliphatic rings. The van der Waals surface area contributed by atoms with Crippen molar-refractivity contribution < 1.29 is 10.2 Å². The molecular weight excluding hydrogens is 200 g/mol. The number of hydrogen-bond donors (Lipinski definition) is 2. The highest BCUT2D eigenvalue weighted by atomic mass is 16.3. The molecule has 0 radical (unpaired) electrons. The molecule has 0 spiro atoms. The lowest BCUT2D eigenvalue weighted by atomic mass is 10.3. The fourth-order valence-electron chi connectivity index (χ4n) is 0.856. The van der Waals surface area contributed by atoms with Crippen LogP contribution in [0.5, 0.6) is 11.5 Å². The van der Waals surface area contributed by atoms with Crippen molar-refractivity contribution in [3.8, 4) is 11.5 Å². The van der Waals surface area contributed by atoms with Crippen molar-refractivity contribution in [1.29, 1.82) is 0 Å². The molecule has 2 nitrogen and oxygen atoms in total. The molecule has 0 unspecified atom stereocenters. The average molecular weight is 218 g/mol. The molecule has 0 amide bonds. The summed E-state index contributed by atoms with van der Waals surface area (Å²) in [6.45, 7) is 4.00. The molecule has 0 aromatic heterocycles. The first kappa shape index (κ1) is 14.0. The van der Waals surface area contributed by atoms with Crippen molar-refractivity contribution >= 4 is 0 Å². The van der Waals surface area contributed by atoms with Crippen molar-refractivity contribution in [2.45, 2.75) is 13.8 Å². The summed E-state index contributed by atoms with van der Waals surface area (Å²) in [5.74, 6) is 0.644. The molecule has 0 saturated heterocycles. The summed E-state index contributed by atoms with van der Waals surface area (Å²) in [6, 6.07) is 17.4. The zero-order valence-corrected chi connectivity index (χ0v) is 9.67. The van der Waals surface area contributed by atoms with Gasteiger partial charge in [-0.15, -0.1) is 0 Å². The Morgan fingerprint density at radius 1 is 0.562 bits per heavy atom. The van der Waals surface area contributed by atoms with E-state index in [1.54, 1.807) is 48.5 Å². The van der Waals surface area contributed by atoms with E-state index >= 15 is 0 Å². The molecule has 2 N–H and O–H groups in total. The lowest BCUT2D eigenvalue weighted by Gasteiger charge is -1.82. The van der Waals surface area contributed by atoms with Crippen molar-refractivity contribution in [3.05, 3.63) is 60.7 Å². The molecule has 0 heterocycles. The summed E-state index contributed by atoms with van der Waals surface area (Å²) >= 11 is 0. The van der Waals surface area contributed by atoms with Gasteiger partial charge in [0.2, 0.25) is 0 Å². The van der Waals surface area contributed by atoms with E-state index in [4.69, 9.17) is 10.2 Å². The molecule has 0 saturated carbocycles. The first-order valence-corrected chi connectivity index (χ1v) is 5.27. The predicted molar refractivity (Wildman–Crippen MR) is 67.6 cm³/mol. The maximum atomic E-state index is 8.63. The lowest BCUT2D eigenvalue weighted by Crippen LogP contribution is -1.56. The molecule has 0 aliphatic heterocycles. The van der Waals surface area contributed by atoms with Gasteiger partial charge in [-0.3, -0.25) is 0 Å². The summed E-state index contributed by atoms with van der Waals surface area (Å²) < 4.78 is 0. The van der Waals surface area contributed by atoms with Crippen LogP contribution in [0.3, 0.4) is 0 Å². The van der Waals surface area contributed by atoms with Crippen molar-refractivity contribution in [3.63, 3.8) is 0 Å². The van der Waals surface area contributed by atoms with Crippen LogP contribution < -0.4 is 0 Å². The van der Waals surface area contributed by atoms with Gasteiger partial charge in [0.25, 0.3) is 0 Å². The number of phenols is 2. The second-order valence-corrected chi connectivity index (χ2v) is 2.67. The van der Waals surface area contributed by atoms with Gasteiger partial charge < -0.3 is 10.2 Å². The molecule has 2 heteroatoms. The maximum Gasteiger partial charge on any atom is 0.115 e. The first-order chi connectivity index (χ1) is 7.79. The minimum Gasteiger partial charge on any atom is -0.508 e. The Labute approximate surface area is 96.8 Å². The minimum absolute atomic E-state index is 0.322. The Kier molecular flexibility index (Phi) is 8.41. The van der Waals surface area contributed by atoms with Gasteiger partial charge in [0.15, 0.2) is 0 Å². The Balaban J connectivity index is 0.000000244. The molecular formula is C14H18O2. The highest BCUT2D eigenvalue weighted by molar-refractivity contribution is 5.19. The van der Waals surface area contributed by atoms with Crippen LogP contribution in [0.1, 0.15) is 13.8 Å². The Hall–Kier alpha value is -1.96. The molecule has 0 fully saturated rings. The molecule has 2 aromatic carbocycles. The topological polar surface area (TPSA) is 40.5 Å². The van der Waals surface area contributed by atoms with E-state index in [0.29, 0.717) is 11.5 Å². The molecule has 2 aromatic rings. The number of phenolic OH excluding ortho intramolecular Hbond substituents is 2. The highest BCUT2D eigenvalue weighted by Gasteiger charge is 1.75. The summed E-state index contributed by atoms with van der Waals surface area (Å²) in [5, 5.41) is 17.3. The zero-order chi connectivity index (χ0) is 12.2. The van der Waals surface area contributed by atoms with Crippen LogP contribution in [-0.2, 0) is 0 Å². The third kappa shape index (κ3) is 7.44. The summed E-state index contributed by atoms with van der Waals surface area (Å²) in [4.78, 5) is 0. The third-order valence-corrected chi connectivity index (χ3v) is 1.51. The van der Waals surface area contributed by atoms with Gasteiger partial charge in [0.05, 0.1) is 0 Å². The van der Waals surface area contributed by atoms with Gasteiger partial charge in [-0.1, -0.05) is 50.2 Å². The Morgan fingerprint density at radius 3 is 0.938 bits per heavy atom. The van der Waals surface area contributed by atoms with Gasteiger partial charge >= 0.3 is 0 Å². The molecule has 2 rings (SSSR count). The van der Waals surface area contributed by atoms with Gasteiger partial charge in [-0.25, -0.2) is 0 Å². The highest BCUT2D eigenvalue weighted by Crippen LogP contribution is 2.03. The van der Waals surface area contributed by atoms with E-state index in [0.717, 1.165) is 0 Å². The summed E-state index contributed by atoms with van der Waals surface area (Å²) in [5.41, 5.74) is 0. The average Bonchev–Trinajstić information content (AvgIpc) is 2.34. The van der Waals surface area contributed by atoms with Crippen molar-refractivity contribution in [1.82, 2.24) is 0 Å². The minimum atomic E-state index is 0.322. The van der Waals surface area contributed by atoms with Gasteiger partial charge in [0.1, 0.15) is 11.5 Å². The van der Waals surface area contributed by atoms with Crippen LogP contribution in [0, 0.1) is 0 Å². The number of aromatic hydroxyl groups is 2. The molecule has 86 valence electrons. The van der Waals surface area contributed by atoms with E-state index in [1.165, 1.54) is 0 Å². The van der Waals surface area contributed by atoms with Gasteiger partial charge in [-0.2, -0.15) is 0 Å². The van der Waals surface area contributed by atoms with Gasteiger partial charge in [0, 0.05) is 0 Å². The number of para-hydroxylation sites is 2. The van der Waals surface area contributed by atoms with Crippen LogP contribution in [0.2, 0.25) is 0 Å². The van der Waals surface area contributed by atoms with E-state index in [-0.39, 0.29) is 0 Å². The van der Waals surface area contributed by atoms with E-state index in [1.807, 2.05) is 26.0 Å².